The van der Waals surface area contributed by atoms with Crippen LogP contribution in [0.4, 0.5) is 0 Å². The summed E-state index contributed by atoms with van der Waals surface area (Å²) in [6.45, 7) is 0. The van der Waals surface area contributed by atoms with Crippen molar-refractivity contribution < 1.29 is 10.0 Å². The zero-order valence-corrected chi connectivity index (χ0v) is 12.5. The lowest BCUT2D eigenvalue weighted by Gasteiger charge is -2.09. The fourth-order valence-corrected chi connectivity index (χ4v) is 2.44. The molecule has 6 heteroatoms. The number of para-hydroxylation sites is 1. The molecule has 3 rings (SSSR count). The van der Waals surface area contributed by atoms with Crippen molar-refractivity contribution in [1.29, 1.82) is 0 Å². The molecule has 3 aromatic rings. The zero-order valence-electron chi connectivity index (χ0n) is 12.5. The summed E-state index contributed by atoms with van der Waals surface area (Å²) >= 11 is 0. The van der Waals surface area contributed by atoms with Crippen molar-refractivity contribution in [2.75, 3.05) is 0 Å². The van der Waals surface area contributed by atoms with Crippen LogP contribution in [-0.2, 0) is 13.5 Å². The maximum atomic E-state index is 12.4. The van der Waals surface area contributed by atoms with Gasteiger partial charge in [-0.15, -0.1) is 0 Å². The lowest BCUT2D eigenvalue weighted by atomic mass is 10.1. The third kappa shape index (κ3) is 2.84. The molecule has 0 saturated heterocycles. The first-order chi connectivity index (χ1) is 11.1. The number of nitrogens with zero attached hydrogens (tertiary/aromatic N) is 2. The molecule has 0 aliphatic carbocycles. The molecule has 0 unspecified atom stereocenters. The molecule has 1 aromatic heterocycles. The van der Waals surface area contributed by atoms with E-state index in [0.29, 0.717) is 28.7 Å². The average Bonchev–Trinajstić information content (AvgIpc) is 2.59. The summed E-state index contributed by atoms with van der Waals surface area (Å²) in [6, 6.07) is 14.0. The Morgan fingerprint density at radius 2 is 1.87 bits per heavy atom. The molecule has 6 nitrogen and oxygen atoms in total. The number of hydrogen-bond donors (Lipinski definition) is 2. The summed E-state index contributed by atoms with van der Waals surface area (Å²) in [6.07, 6.45) is 0.470. The third-order valence-electron chi connectivity index (χ3n) is 3.76. The van der Waals surface area contributed by atoms with Crippen molar-refractivity contribution in [3.63, 3.8) is 0 Å². The molecule has 0 atom stereocenters. The Kier molecular flexibility index (Phi) is 3.91. The number of benzene rings is 2. The molecule has 0 radical (unpaired) electrons. The number of aromatic nitrogens is 2. The van der Waals surface area contributed by atoms with Crippen LogP contribution in [0, 0.1) is 0 Å². The highest BCUT2D eigenvalue weighted by molar-refractivity contribution is 5.93. The second-order valence-electron chi connectivity index (χ2n) is 5.22. The van der Waals surface area contributed by atoms with E-state index in [1.54, 1.807) is 42.9 Å². The van der Waals surface area contributed by atoms with Crippen LogP contribution in [0.3, 0.4) is 0 Å². The number of nitrogens with one attached hydrogen (secondary N) is 1. The van der Waals surface area contributed by atoms with E-state index in [4.69, 9.17) is 5.21 Å². The lowest BCUT2D eigenvalue weighted by Crippen LogP contribution is -2.22. The first-order valence-electron chi connectivity index (χ1n) is 7.08. The molecule has 1 heterocycles. The molecule has 0 spiro atoms. The van der Waals surface area contributed by atoms with Crippen molar-refractivity contribution in [2.24, 2.45) is 7.05 Å². The normalized spacial score (nSPS) is 10.7. The molecular formula is C17H15N3O3. The van der Waals surface area contributed by atoms with Crippen LogP contribution in [-0.4, -0.2) is 20.7 Å². The summed E-state index contributed by atoms with van der Waals surface area (Å²) in [4.78, 5) is 28.2. The van der Waals surface area contributed by atoms with Crippen molar-refractivity contribution >= 4 is 16.8 Å². The van der Waals surface area contributed by atoms with Crippen molar-refractivity contribution in [3.05, 3.63) is 75.8 Å². The molecule has 116 valence electrons. The summed E-state index contributed by atoms with van der Waals surface area (Å²) in [5.41, 5.74) is 3.45. The maximum absolute atomic E-state index is 12.4. The SMILES string of the molecule is Cn1c(Cc2ccc(C(=O)NO)cc2)nc2ccccc2c1=O. The minimum atomic E-state index is -0.562. The van der Waals surface area contributed by atoms with Crippen LogP contribution in [0.15, 0.2) is 53.3 Å². The largest absolute Gasteiger partial charge is 0.299 e. The van der Waals surface area contributed by atoms with E-state index in [2.05, 4.69) is 4.98 Å². The zero-order chi connectivity index (χ0) is 16.4. The molecule has 0 aliphatic heterocycles. The van der Waals surface area contributed by atoms with Crippen LogP contribution >= 0.6 is 0 Å². The first-order valence-corrected chi connectivity index (χ1v) is 7.08. The number of amides is 1. The smallest absolute Gasteiger partial charge is 0.274 e. The van der Waals surface area contributed by atoms with Gasteiger partial charge in [-0.1, -0.05) is 24.3 Å². The van der Waals surface area contributed by atoms with Crippen molar-refractivity contribution in [1.82, 2.24) is 15.0 Å². The number of fused-ring (bicyclic) bond motifs is 1. The Balaban J connectivity index is 1.97. The Bertz CT molecular complexity index is 930. The fraction of sp³-hybridized carbons (Fsp3) is 0.118. The highest BCUT2D eigenvalue weighted by Gasteiger charge is 2.09. The van der Waals surface area contributed by atoms with E-state index in [1.807, 2.05) is 18.2 Å². The van der Waals surface area contributed by atoms with Gasteiger partial charge in [-0.25, -0.2) is 10.5 Å². The van der Waals surface area contributed by atoms with Gasteiger partial charge in [-0.05, 0) is 29.8 Å². The Hall–Kier alpha value is -2.99. The second-order valence-corrected chi connectivity index (χ2v) is 5.22. The number of carbonyl (C=O) groups excluding carboxylic acids is 1. The van der Waals surface area contributed by atoms with Crippen LogP contribution in [0.25, 0.3) is 10.9 Å². The number of rotatable bonds is 3. The standard InChI is InChI=1S/C17H15N3O3/c1-20-15(18-14-5-3-2-4-13(14)17(20)22)10-11-6-8-12(9-7-11)16(21)19-23/h2-9,23H,10H2,1H3,(H,19,21). The molecule has 0 saturated carbocycles. The van der Waals surface area contributed by atoms with Gasteiger partial charge in [0.15, 0.2) is 0 Å². The Labute approximate surface area is 132 Å². The van der Waals surface area contributed by atoms with Gasteiger partial charge in [-0.3, -0.25) is 19.4 Å². The van der Waals surface area contributed by atoms with E-state index < -0.39 is 5.91 Å². The maximum Gasteiger partial charge on any atom is 0.274 e. The molecule has 23 heavy (non-hydrogen) atoms. The lowest BCUT2D eigenvalue weighted by molar-refractivity contribution is 0.0706. The van der Waals surface area contributed by atoms with Gasteiger partial charge in [0.1, 0.15) is 5.82 Å². The van der Waals surface area contributed by atoms with Crippen LogP contribution in [0.2, 0.25) is 0 Å². The molecular weight excluding hydrogens is 294 g/mol. The highest BCUT2D eigenvalue weighted by atomic mass is 16.5. The molecule has 1 amide bonds. The van der Waals surface area contributed by atoms with E-state index >= 15 is 0 Å². The van der Waals surface area contributed by atoms with Crippen molar-refractivity contribution in [3.8, 4) is 0 Å². The van der Waals surface area contributed by atoms with E-state index in [9.17, 15) is 9.59 Å². The summed E-state index contributed by atoms with van der Waals surface area (Å²) in [5.74, 6) is 0.0841. The van der Waals surface area contributed by atoms with E-state index in [1.165, 1.54) is 4.57 Å². The average molecular weight is 309 g/mol. The predicted molar refractivity (Wildman–Crippen MR) is 85.5 cm³/mol. The van der Waals surface area contributed by atoms with Crippen LogP contribution < -0.4 is 11.0 Å². The van der Waals surface area contributed by atoms with Gasteiger partial charge in [0.25, 0.3) is 11.5 Å². The van der Waals surface area contributed by atoms with Crippen LogP contribution in [0.1, 0.15) is 21.7 Å². The molecule has 2 aromatic carbocycles. The third-order valence-corrected chi connectivity index (χ3v) is 3.76. The molecule has 0 aliphatic rings. The Morgan fingerprint density at radius 1 is 1.17 bits per heavy atom. The molecule has 0 fully saturated rings. The second kappa shape index (κ2) is 6.02. The number of hydrogen-bond acceptors (Lipinski definition) is 4. The number of carbonyl (C=O) groups is 1. The molecule has 0 bridgehead atoms. The van der Waals surface area contributed by atoms with Gasteiger partial charge in [0.2, 0.25) is 0 Å². The molecule has 2 N–H and O–H groups in total. The minimum absolute atomic E-state index is 0.0816. The fourth-order valence-electron chi connectivity index (χ4n) is 2.44. The minimum Gasteiger partial charge on any atom is -0.299 e. The highest BCUT2D eigenvalue weighted by Crippen LogP contribution is 2.12. The monoisotopic (exact) mass is 309 g/mol. The predicted octanol–water partition coefficient (Wildman–Crippen LogP) is 1.64. The summed E-state index contributed by atoms with van der Waals surface area (Å²) in [5, 5.41) is 9.20. The van der Waals surface area contributed by atoms with E-state index in [0.717, 1.165) is 5.56 Å². The van der Waals surface area contributed by atoms with Gasteiger partial charge in [0, 0.05) is 19.0 Å². The van der Waals surface area contributed by atoms with Crippen LogP contribution in [0.5, 0.6) is 0 Å². The Morgan fingerprint density at radius 3 is 2.57 bits per heavy atom. The first kappa shape index (κ1) is 14.9. The van der Waals surface area contributed by atoms with Gasteiger partial charge in [0.05, 0.1) is 10.9 Å². The topological polar surface area (TPSA) is 84.2 Å². The quantitative estimate of drug-likeness (QED) is 0.569. The van der Waals surface area contributed by atoms with Gasteiger partial charge >= 0.3 is 0 Å². The van der Waals surface area contributed by atoms with Gasteiger partial charge < -0.3 is 0 Å². The number of hydroxylamine groups is 1. The van der Waals surface area contributed by atoms with E-state index in [-0.39, 0.29) is 5.56 Å². The van der Waals surface area contributed by atoms with Gasteiger partial charge in [-0.2, -0.15) is 0 Å². The summed E-state index contributed by atoms with van der Waals surface area (Å²) < 4.78 is 1.54. The summed E-state index contributed by atoms with van der Waals surface area (Å²) in [7, 11) is 1.70. The van der Waals surface area contributed by atoms with Crippen molar-refractivity contribution in [2.45, 2.75) is 6.42 Å².